The van der Waals surface area contributed by atoms with Gasteiger partial charge in [-0.25, -0.2) is 0 Å². The Morgan fingerprint density at radius 3 is 0.840 bits per heavy atom. The number of hydrogen-bond acceptors (Lipinski definition) is 10. The van der Waals surface area contributed by atoms with Crippen molar-refractivity contribution in [3.63, 3.8) is 0 Å². The third-order valence-corrected chi connectivity index (χ3v) is 16.9. The second-order valence-electron chi connectivity index (χ2n) is 24.4. The van der Waals surface area contributed by atoms with E-state index in [-0.39, 0.29) is 6.61 Å². The first-order valence-electron chi connectivity index (χ1n) is 31.6. The zero-order valence-corrected chi connectivity index (χ0v) is 52.5. The van der Waals surface area contributed by atoms with E-state index in [1.807, 2.05) is 0 Å². The zero-order valence-electron chi connectivity index (χ0n) is 52.5. The fraction of sp³-hybridized carbons (Fsp3) is 0.577. The number of methoxy groups -OCH3 is 1. The van der Waals surface area contributed by atoms with Gasteiger partial charge in [0.15, 0.2) is 0 Å². The minimum absolute atomic E-state index is 0.267. The first-order valence-corrected chi connectivity index (χ1v) is 31.6. The Labute approximate surface area is 493 Å². The van der Waals surface area contributed by atoms with Crippen LogP contribution in [0.4, 0.5) is 28.4 Å². The van der Waals surface area contributed by atoms with Gasteiger partial charge in [-0.1, -0.05) is 130 Å². The number of nitrogens with zero attached hydrogens (tertiary/aromatic N) is 7. The third-order valence-electron chi connectivity index (χ3n) is 16.9. The zero-order chi connectivity index (χ0) is 57.9. The molecule has 0 aromatic heterocycles. The Hall–Kier alpha value is -5.10. The minimum Gasteiger partial charge on any atom is -0.395 e. The van der Waals surface area contributed by atoms with Gasteiger partial charge in [0, 0.05) is 140 Å². The summed E-state index contributed by atoms with van der Waals surface area (Å²) in [6, 6.07) is 45.1. The van der Waals surface area contributed by atoms with Gasteiger partial charge in [0.05, 0.1) is 26.4 Å². The van der Waals surface area contributed by atoms with Crippen molar-refractivity contribution in [3.05, 3.63) is 149 Å². The van der Waals surface area contributed by atoms with Crippen LogP contribution in [0.5, 0.6) is 0 Å². The van der Waals surface area contributed by atoms with E-state index in [1.54, 1.807) is 7.11 Å². The number of rotatable bonds is 15. The van der Waals surface area contributed by atoms with Gasteiger partial charge in [0.1, 0.15) is 0 Å². The van der Waals surface area contributed by atoms with E-state index in [4.69, 9.17) is 14.6 Å². The molecule has 5 fully saturated rings. The molecule has 446 valence electrons. The number of piperazine rings is 2. The Balaban J connectivity index is 0.000000164. The van der Waals surface area contributed by atoms with Crippen molar-refractivity contribution in [2.75, 3.05) is 163 Å². The maximum atomic E-state index is 8.93. The van der Waals surface area contributed by atoms with Crippen molar-refractivity contribution >= 4 is 28.4 Å². The summed E-state index contributed by atoms with van der Waals surface area (Å²) in [6.07, 6.45) is 6.82. The predicted octanol–water partition coefficient (Wildman–Crippen LogP) is 14.4. The summed E-state index contributed by atoms with van der Waals surface area (Å²) in [5.74, 6) is 3.10. The molecule has 0 bridgehead atoms. The molecule has 0 spiro atoms. The van der Waals surface area contributed by atoms with E-state index < -0.39 is 0 Å². The van der Waals surface area contributed by atoms with Gasteiger partial charge in [-0.3, -0.25) is 9.80 Å². The van der Waals surface area contributed by atoms with Crippen LogP contribution in [0.25, 0.3) is 0 Å². The summed E-state index contributed by atoms with van der Waals surface area (Å²) in [5, 5.41) is 8.93. The molecule has 5 aliphatic heterocycles. The standard InChI is InChI=1S/C16H26N2O.C15H24N2O.C14H21N.C13H19NO.C13H19N/c1-14(2)15-4-6-16(7-5-15)18-10-8-17(9-11-18)12-13-19-3;1-13(2)14-3-5-15(6-4-14)17-9-7-16(8-10-17)11-12-18;1-12(2)13-6-8-14(9-7-13)15-10-4-3-5-11-15;1-11(2)12-3-5-13(6-4-12)14-7-9-15-10-8-14;1-11(2)12-5-7-13(8-6-12)14-9-3-4-10-14/h4-7,14H,8-13H2,1-3H3;3-6,13,18H,7-12H2,1-2H3;6-9,12H,3-5,10-11H2,1-2H3;3-6,11H,7-10H2,1-2H3;5-8,11H,3-4,9-10H2,1-2H3. The molecule has 5 aromatic carbocycles. The van der Waals surface area contributed by atoms with Crippen LogP contribution in [0.1, 0.15) is 159 Å². The van der Waals surface area contributed by atoms with Crippen molar-refractivity contribution in [3.8, 4) is 0 Å². The maximum absolute atomic E-state index is 8.93. The second kappa shape index (κ2) is 35.1. The number of ether oxygens (including phenoxy) is 2. The highest BCUT2D eigenvalue weighted by Crippen LogP contribution is 2.27. The van der Waals surface area contributed by atoms with Gasteiger partial charge < -0.3 is 39.1 Å². The van der Waals surface area contributed by atoms with Gasteiger partial charge in [0.25, 0.3) is 0 Å². The van der Waals surface area contributed by atoms with Crippen molar-refractivity contribution in [1.29, 1.82) is 0 Å². The average molecular weight is 1110 g/mol. The van der Waals surface area contributed by atoms with Gasteiger partial charge in [-0.2, -0.15) is 0 Å². The first kappa shape index (κ1) is 65.1. The molecule has 5 aliphatic rings. The first-order chi connectivity index (χ1) is 39.2. The molecule has 5 aromatic rings. The lowest BCUT2D eigenvalue weighted by Crippen LogP contribution is -2.47. The second-order valence-corrected chi connectivity index (χ2v) is 24.4. The molecule has 5 heterocycles. The smallest absolute Gasteiger partial charge is 0.0642 e. The quantitative estimate of drug-likeness (QED) is 0.110. The van der Waals surface area contributed by atoms with Crippen LogP contribution in [0.3, 0.4) is 0 Å². The lowest BCUT2D eigenvalue weighted by molar-refractivity contribution is 0.122. The highest BCUT2D eigenvalue weighted by Gasteiger charge is 2.19. The predicted molar refractivity (Wildman–Crippen MR) is 349 cm³/mol. The molecule has 10 nitrogen and oxygen atoms in total. The van der Waals surface area contributed by atoms with Crippen molar-refractivity contribution in [1.82, 2.24) is 9.80 Å². The molecule has 81 heavy (non-hydrogen) atoms. The van der Waals surface area contributed by atoms with Gasteiger partial charge in [-0.15, -0.1) is 0 Å². The lowest BCUT2D eigenvalue weighted by atomic mass is 10.0. The number of benzene rings is 5. The molecule has 0 radical (unpaired) electrons. The molecule has 0 atom stereocenters. The maximum Gasteiger partial charge on any atom is 0.0642 e. The van der Waals surface area contributed by atoms with Crippen LogP contribution in [0.2, 0.25) is 0 Å². The Kier molecular flexibility index (Phi) is 28.2. The molecular weight excluding hydrogens is 999 g/mol. The Morgan fingerprint density at radius 1 is 0.333 bits per heavy atom. The van der Waals surface area contributed by atoms with Crippen LogP contribution in [0.15, 0.2) is 121 Å². The van der Waals surface area contributed by atoms with E-state index >= 15 is 0 Å². The van der Waals surface area contributed by atoms with Crippen LogP contribution in [-0.2, 0) is 9.47 Å². The summed E-state index contributed by atoms with van der Waals surface area (Å²) in [6.45, 7) is 42.7. The molecular formula is C71H109N7O3. The van der Waals surface area contributed by atoms with E-state index in [0.717, 1.165) is 98.4 Å². The largest absolute Gasteiger partial charge is 0.395 e. The Morgan fingerprint density at radius 2 is 0.580 bits per heavy atom. The van der Waals surface area contributed by atoms with Crippen molar-refractivity contribution in [2.45, 2.75) is 131 Å². The number of β-amino-alcohol motifs (C(OH)–C–C–N with tert-alkyl or cyclic N) is 1. The SMILES string of the molecule is CC(C)c1ccc(N2CCCC2)cc1.CC(C)c1ccc(N2CCCCC2)cc1.CC(C)c1ccc(N2CCN(CCO)CC2)cc1.CC(C)c1ccc(N2CCOCC2)cc1.COCCN1CCN(c2ccc(C(C)C)cc2)CC1. The van der Waals surface area contributed by atoms with Crippen LogP contribution in [-0.4, -0.2) is 153 Å². The fourth-order valence-corrected chi connectivity index (χ4v) is 11.1. The molecule has 0 saturated carbocycles. The number of anilines is 5. The summed E-state index contributed by atoms with van der Waals surface area (Å²) in [5.41, 5.74) is 13.9. The number of morpholine rings is 1. The fourth-order valence-electron chi connectivity index (χ4n) is 11.1. The summed E-state index contributed by atoms with van der Waals surface area (Å²) >= 11 is 0. The Bertz CT molecular complexity index is 2330. The van der Waals surface area contributed by atoms with E-state index in [0.29, 0.717) is 29.6 Å². The summed E-state index contributed by atoms with van der Waals surface area (Å²) in [7, 11) is 1.77. The molecule has 10 rings (SSSR count). The number of piperidine rings is 1. The monoisotopic (exact) mass is 1110 g/mol. The molecule has 10 heteroatoms. The van der Waals surface area contributed by atoms with Crippen LogP contribution in [0, 0.1) is 0 Å². The van der Waals surface area contributed by atoms with Crippen molar-refractivity contribution in [2.24, 2.45) is 0 Å². The molecule has 5 saturated heterocycles. The van der Waals surface area contributed by atoms with E-state index in [1.165, 1.54) is 115 Å². The lowest BCUT2D eigenvalue weighted by Gasteiger charge is -2.36. The number of aliphatic hydroxyl groups excluding tert-OH is 1. The van der Waals surface area contributed by atoms with E-state index in [9.17, 15) is 0 Å². The van der Waals surface area contributed by atoms with Crippen molar-refractivity contribution < 1.29 is 14.6 Å². The number of aliphatic hydroxyl groups is 1. The van der Waals surface area contributed by atoms with Gasteiger partial charge in [-0.05, 0) is 150 Å². The van der Waals surface area contributed by atoms with E-state index in [2.05, 4.69) is 225 Å². The minimum atomic E-state index is 0.267. The summed E-state index contributed by atoms with van der Waals surface area (Å²) < 4.78 is 10.5. The summed E-state index contributed by atoms with van der Waals surface area (Å²) in [4.78, 5) is 17.1. The molecule has 0 unspecified atom stereocenters. The topological polar surface area (TPSA) is 61.4 Å². The van der Waals surface area contributed by atoms with Gasteiger partial charge >= 0.3 is 0 Å². The molecule has 0 aliphatic carbocycles. The highest BCUT2D eigenvalue weighted by atomic mass is 16.5. The van der Waals surface area contributed by atoms with Gasteiger partial charge in [0.2, 0.25) is 0 Å². The normalized spacial score (nSPS) is 17.1. The average Bonchev–Trinajstić information content (AvgIpc) is 4.07. The highest BCUT2D eigenvalue weighted by molar-refractivity contribution is 5.52. The van der Waals surface area contributed by atoms with Crippen LogP contribution < -0.4 is 24.5 Å². The third kappa shape index (κ3) is 21.9. The van der Waals surface area contributed by atoms with Crippen LogP contribution >= 0.6 is 0 Å². The molecule has 1 N–H and O–H groups in total. The number of hydrogen-bond donors (Lipinski definition) is 1. The molecule has 0 amide bonds.